The first kappa shape index (κ1) is 13.6. The molecule has 0 atom stereocenters. The van der Waals surface area contributed by atoms with Crippen molar-refractivity contribution < 1.29 is 4.74 Å². The Kier molecular flexibility index (Phi) is 3.84. The molecule has 0 aliphatic carbocycles. The average molecular weight is 293 g/mol. The summed E-state index contributed by atoms with van der Waals surface area (Å²) in [4.78, 5) is 0.405. The molecule has 0 saturated carbocycles. The number of hydrogen-bond donors (Lipinski definition) is 1. The summed E-state index contributed by atoms with van der Waals surface area (Å²) in [5.74, 6) is 0.856. The van der Waals surface area contributed by atoms with Crippen LogP contribution in [0.5, 0.6) is 5.75 Å². The molecule has 0 spiro atoms. The largest absolute Gasteiger partial charge is 0.489 e. The van der Waals surface area contributed by atoms with Crippen LogP contribution in [0.4, 0.5) is 0 Å². The highest BCUT2D eigenvalue weighted by Gasteiger charge is 2.01. The normalized spacial score (nSPS) is 10.5. The summed E-state index contributed by atoms with van der Waals surface area (Å²) in [6.45, 7) is 0.495. The third-order valence-corrected chi connectivity index (χ3v) is 3.57. The van der Waals surface area contributed by atoms with Crippen LogP contribution in [0.3, 0.4) is 0 Å². The topological polar surface area (TPSA) is 35.2 Å². The summed E-state index contributed by atoms with van der Waals surface area (Å²) in [6, 6.07) is 22.1. The van der Waals surface area contributed by atoms with Gasteiger partial charge in [0.2, 0.25) is 0 Å². The van der Waals surface area contributed by atoms with Crippen LogP contribution in [0, 0.1) is 0 Å². The molecule has 104 valence electrons. The number of nitrogens with two attached hydrogens (primary N) is 1. The van der Waals surface area contributed by atoms with Crippen molar-refractivity contribution in [2.24, 2.45) is 5.73 Å². The first-order valence-corrected chi connectivity index (χ1v) is 7.13. The van der Waals surface area contributed by atoms with Crippen molar-refractivity contribution in [3.63, 3.8) is 0 Å². The lowest BCUT2D eigenvalue weighted by molar-refractivity contribution is 0.306. The smallest absolute Gasteiger partial charge is 0.120 e. The third kappa shape index (κ3) is 3.20. The van der Waals surface area contributed by atoms with Gasteiger partial charge in [0.15, 0.2) is 0 Å². The number of fused-ring (bicyclic) bond motifs is 1. The second-order valence-electron chi connectivity index (χ2n) is 4.86. The molecule has 3 heteroatoms. The summed E-state index contributed by atoms with van der Waals surface area (Å²) in [5.41, 5.74) is 7.56. The van der Waals surface area contributed by atoms with Gasteiger partial charge in [-0.3, -0.25) is 0 Å². The Morgan fingerprint density at radius 1 is 0.905 bits per heavy atom. The van der Waals surface area contributed by atoms with Crippen molar-refractivity contribution in [1.29, 1.82) is 0 Å². The monoisotopic (exact) mass is 293 g/mol. The van der Waals surface area contributed by atoms with E-state index in [2.05, 4.69) is 18.2 Å². The van der Waals surface area contributed by atoms with Gasteiger partial charge in [-0.05, 0) is 34.5 Å². The second kappa shape index (κ2) is 5.94. The van der Waals surface area contributed by atoms with E-state index in [-0.39, 0.29) is 0 Å². The SMILES string of the molecule is NC(=S)c1cccc(COc2ccc3ccccc3c2)c1. The molecule has 0 unspecified atom stereocenters. The molecule has 2 nitrogen and oxygen atoms in total. The summed E-state index contributed by atoms with van der Waals surface area (Å²) in [5, 5.41) is 2.38. The second-order valence-corrected chi connectivity index (χ2v) is 5.30. The Morgan fingerprint density at radius 3 is 2.52 bits per heavy atom. The van der Waals surface area contributed by atoms with E-state index >= 15 is 0 Å². The lowest BCUT2D eigenvalue weighted by atomic mass is 10.1. The van der Waals surface area contributed by atoms with Gasteiger partial charge >= 0.3 is 0 Å². The molecule has 0 aliphatic heterocycles. The highest BCUT2D eigenvalue weighted by Crippen LogP contribution is 2.21. The van der Waals surface area contributed by atoms with E-state index < -0.39 is 0 Å². The van der Waals surface area contributed by atoms with Crippen molar-refractivity contribution >= 4 is 28.0 Å². The van der Waals surface area contributed by atoms with E-state index in [9.17, 15) is 0 Å². The van der Waals surface area contributed by atoms with Gasteiger partial charge < -0.3 is 10.5 Å². The lowest BCUT2D eigenvalue weighted by Crippen LogP contribution is -2.09. The number of ether oxygens (including phenoxy) is 1. The molecule has 0 fully saturated rings. The molecular formula is C18H15NOS. The Hall–Kier alpha value is -2.39. The zero-order chi connectivity index (χ0) is 14.7. The Labute approximate surface area is 129 Å². The molecule has 0 bridgehead atoms. The maximum Gasteiger partial charge on any atom is 0.120 e. The van der Waals surface area contributed by atoms with Gasteiger partial charge in [0, 0.05) is 5.56 Å². The minimum absolute atomic E-state index is 0.405. The molecule has 3 aromatic carbocycles. The number of hydrogen-bond acceptors (Lipinski definition) is 2. The van der Waals surface area contributed by atoms with E-state index in [0.717, 1.165) is 16.9 Å². The van der Waals surface area contributed by atoms with Crippen molar-refractivity contribution in [1.82, 2.24) is 0 Å². The van der Waals surface area contributed by atoms with Crippen molar-refractivity contribution in [2.45, 2.75) is 6.61 Å². The predicted molar refractivity (Wildman–Crippen MR) is 90.6 cm³/mol. The summed E-state index contributed by atoms with van der Waals surface area (Å²) in [7, 11) is 0. The zero-order valence-corrected chi connectivity index (χ0v) is 12.3. The number of rotatable bonds is 4. The first-order valence-electron chi connectivity index (χ1n) is 6.73. The standard InChI is InChI=1S/C18H15NOS/c19-18(21)16-7-3-4-13(10-16)12-20-17-9-8-14-5-1-2-6-15(14)11-17/h1-11H,12H2,(H2,19,21). The average Bonchev–Trinajstić information content (AvgIpc) is 2.53. The summed E-state index contributed by atoms with van der Waals surface area (Å²) < 4.78 is 5.85. The van der Waals surface area contributed by atoms with E-state index in [4.69, 9.17) is 22.7 Å². The Bertz CT molecular complexity index is 798. The quantitative estimate of drug-likeness (QED) is 0.737. The minimum Gasteiger partial charge on any atom is -0.489 e. The predicted octanol–water partition coefficient (Wildman–Crippen LogP) is 4.05. The summed E-state index contributed by atoms with van der Waals surface area (Å²) in [6.07, 6.45) is 0. The van der Waals surface area contributed by atoms with Crippen LogP contribution in [0.2, 0.25) is 0 Å². The van der Waals surface area contributed by atoms with Crippen molar-refractivity contribution in [3.05, 3.63) is 77.9 Å². The number of benzene rings is 3. The van der Waals surface area contributed by atoms with Crippen LogP contribution in [-0.2, 0) is 6.61 Å². The van der Waals surface area contributed by atoms with Crippen LogP contribution in [0.1, 0.15) is 11.1 Å². The van der Waals surface area contributed by atoms with E-state index in [1.54, 1.807) is 0 Å². The Balaban J connectivity index is 1.77. The molecule has 0 radical (unpaired) electrons. The minimum atomic E-state index is 0.405. The molecule has 0 amide bonds. The van der Waals surface area contributed by atoms with Gasteiger partial charge in [0.25, 0.3) is 0 Å². The molecule has 0 saturated heterocycles. The molecule has 0 heterocycles. The fourth-order valence-corrected chi connectivity index (χ4v) is 2.37. The molecule has 2 N–H and O–H groups in total. The summed E-state index contributed by atoms with van der Waals surface area (Å²) >= 11 is 4.99. The van der Waals surface area contributed by atoms with Gasteiger partial charge in [-0.2, -0.15) is 0 Å². The fourth-order valence-electron chi connectivity index (χ4n) is 2.24. The maximum atomic E-state index is 5.85. The van der Waals surface area contributed by atoms with Gasteiger partial charge in [0.1, 0.15) is 17.3 Å². The van der Waals surface area contributed by atoms with Gasteiger partial charge in [-0.1, -0.05) is 60.7 Å². The van der Waals surface area contributed by atoms with Gasteiger partial charge in [0.05, 0.1) is 0 Å². The van der Waals surface area contributed by atoms with Crippen molar-refractivity contribution in [2.75, 3.05) is 0 Å². The highest BCUT2D eigenvalue weighted by atomic mass is 32.1. The zero-order valence-electron chi connectivity index (χ0n) is 11.5. The maximum absolute atomic E-state index is 5.85. The van der Waals surface area contributed by atoms with E-state index in [1.807, 2.05) is 48.5 Å². The van der Waals surface area contributed by atoms with Crippen LogP contribution in [0.15, 0.2) is 66.7 Å². The van der Waals surface area contributed by atoms with Crippen LogP contribution in [0.25, 0.3) is 10.8 Å². The molecule has 0 aromatic heterocycles. The highest BCUT2D eigenvalue weighted by molar-refractivity contribution is 7.80. The van der Waals surface area contributed by atoms with E-state index in [0.29, 0.717) is 11.6 Å². The molecule has 0 aliphatic rings. The van der Waals surface area contributed by atoms with Crippen molar-refractivity contribution in [3.8, 4) is 5.75 Å². The first-order chi connectivity index (χ1) is 10.2. The third-order valence-electron chi connectivity index (χ3n) is 3.34. The van der Waals surface area contributed by atoms with Gasteiger partial charge in [-0.15, -0.1) is 0 Å². The fraction of sp³-hybridized carbons (Fsp3) is 0.0556. The van der Waals surface area contributed by atoms with Crippen LogP contribution in [-0.4, -0.2) is 4.99 Å². The molecule has 3 rings (SSSR count). The molecule has 3 aromatic rings. The van der Waals surface area contributed by atoms with E-state index in [1.165, 1.54) is 10.8 Å². The van der Waals surface area contributed by atoms with Crippen LogP contribution >= 0.6 is 12.2 Å². The Morgan fingerprint density at radius 2 is 1.71 bits per heavy atom. The lowest BCUT2D eigenvalue weighted by Gasteiger charge is -2.08. The number of thiocarbonyl (C=S) groups is 1. The van der Waals surface area contributed by atoms with Gasteiger partial charge in [-0.25, -0.2) is 0 Å². The molecule has 21 heavy (non-hydrogen) atoms. The molecular weight excluding hydrogens is 278 g/mol. The van der Waals surface area contributed by atoms with Crippen LogP contribution < -0.4 is 10.5 Å².